The highest BCUT2D eigenvalue weighted by molar-refractivity contribution is 7.89. The van der Waals surface area contributed by atoms with Crippen molar-refractivity contribution < 1.29 is 21.6 Å². The van der Waals surface area contributed by atoms with Gasteiger partial charge in [0.05, 0.1) is 12.3 Å². The maximum atomic E-state index is 12.5. The molecule has 0 spiro atoms. The first-order chi connectivity index (χ1) is 9.08. The summed E-state index contributed by atoms with van der Waals surface area (Å²) in [7, 11) is -2.51. The molecular weight excluding hydrogens is 301 g/mol. The summed E-state index contributed by atoms with van der Waals surface area (Å²) in [6.45, 7) is 1.21. The van der Waals surface area contributed by atoms with Crippen LogP contribution < -0.4 is 10.4 Å². The van der Waals surface area contributed by atoms with Crippen molar-refractivity contribution in [2.75, 3.05) is 12.3 Å². The minimum atomic E-state index is -4.74. The highest BCUT2D eigenvalue weighted by Gasteiger charge is 2.37. The van der Waals surface area contributed by atoms with Crippen LogP contribution in [0.2, 0.25) is 0 Å². The summed E-state index contributed by atoms with van der Waals surface area (Å²) in [6.07, 6.45) is -4.32. The Morgan fingerprint density at radius 2 is 1.95 bits per heavy atom. The molecule has 0 radical (unpaired) electrons. The van der Waals surface area contributed by atoms with Gasteiger partial charge in [-0.25, -0.2) is 22.6 Å². The smallest absolute Gasteiger partial charge is 0.274 e. The van der Waals surface area contributed by atoms with E-state index in [-0.39, 0.29) is 18.8 Å². The molecule has 0 saturated carbocycles. The third-order valence-electron chi connectivity index (χ3n) is 2.41. The van der Waals surface area contributed by atoms with Crippen LogP contribution in [0.5, 0.6) is 0 Å². The summed E-state index contributed by atoms with van der Waals surface area (Å²) in [5.41, 5.74) is -0.952. The van der Waals surface area contributed by atoms with Gasteiger partial charge in [0.1, 0.15) is 0 Å². The number of nitrogens with zero attached hydrogens (tertiary/aromatic N) is 3. The largest absolute Gasteiger partial charge is 0.451 e. The Balaban J connectivity index is 2.79. The molecule has 0 saturated heterocycles. The zero-order valence-electron chi connectivity index (χ0n) is 10.9. The molecule has 20 heavy (non-hydrogen) atoms. The third kappa shape index (κ3) is 4.07. The van der Waals surface area contributed by atoms with Gasteiger partial charge in [-0.15, -0.1) is 5.10 Å². The zero-order valence-corrected chi connectivity index (χ0v) is 11.8. The fraction of sp³-hybridized carbons (Fsp3) is 0.778. The summed E-state index contributed by atoms with van der Waals surface area (Å²) in [6, 6.07) is 0. The minimum Gasteiger partial charge on any atom is -0.274 e. The van der Waals surface area contributed by atoms with E-state index in [4.69, 9.17) is 0 Å². The van der Waals surface area contributed by atoms with E-state index in [1.165, 1.54) is 0 Å². The van der Waals surface area contributed by atoms with Crippen LogP contribution >= 0.6 is 0 Å². The zero-order chi connectivity index (χ0) is 15.6. The molecule has 1 heterocycles. The summed E-state index contributed by atoms with van der Waals surface area (Å²) in [4.78, 5) is 11.5. The average Bonchev–Trinajstić information content (AvgIpc) is 2.56. The fourth-order valence-corrected chi connectivity index (χ4v) is 2.61. The van der Waals surface area contributed by atoms with Gasteiger partial charge < -0.3 is 0 Å². The van der Waals surface area contributed by atoms with Gasteiger partial charge in [0, 0.05) is 13.6 Å². The third-order valence-corrected chi connectivity index (χ3v) is 4.00. The summed E-state index contributed by atoms with van der Waals surface area (Å²) in [5.74, 6) is -1.41. The lowest BCUT2D eigenvalue weighted by Crippen LogP contribution is -2.32. The van der Waals surface area contributed by atoms with Crippen LogP contribution in [0, 0.1) is 0 Å². The van der Waals surface area contributed by atoms with Gasteiger partial charge in [-0.2, -0.15) is 13.2 Å². The molecule has 1 N–H and O–H groups in total. The first kappa shape index (κ1) is 16.7. The van der Waals surface area contributed by atoms with Crippen LogP contribution in [0.15, 0.2) is 4.79 Å². The van der Waals surface area contributed by atoms with Crippen LogP contribution in [-0.2, 0) is 29.8 Å². The number of hydrogen-bond acceptors (Lipinski definition) is 4. The van der Waals surface area contributed by atoms with E-state index in [0.29, 0.717) is 15.7 Å². The molecule has 1 rings (SSSR count). The van der Waals surface area contributed by atoms with E-state index in [9.17, 15) is 26.4 Å². The molecule has 0 aromatic carbocycles. The topological polar surface area (TPSA) is 86.0 Å². The molecule has 1 aromatic heterocycles. The van der Waals surface area contributed by atoms with Crippen molar-refractivity contribution in [3.63, 3.8) is 0 Å². The Morgan fingerprint density at radius 3 is 2.40 bits per heavy atom. The fourth-order valence-electron chi connectivity index (χ4n) is 1.53. The number of sulfonamides is 1. The van der Waals surface area contributed by atoms with Crippen LogP contribution in [0.1, 0.15) is 19.2 Å². The standard InChI is InChI=1S/C9H15F3N4O3S/c1-3-6-20(18,19)13-4-5-16-8(17)15(2)7(14-16)9(10,11)12/h13H,3-6H2,1-2H3. The lowest BCUT2D eigenvalue weighted by atomic mass is 10.6. The molecule has 0 unspecified atom stereocenters. The lowest BCUT2D eigenvalue weighted by molar-refractivity contribution is -0.147. The van der Waals surface area contributed by atoms with Crippen LogP contribution in [0.4, 0.5) is 13.2 Å². The molecule has 0 atom stereocenters. The molecule has 0 bridgehead atoms. The van der Waals surface area contributed by atoms with E-state index in [2.05, 4.69) is 9.82 Å². The second-order valence-corrected chi connectivity index (χ2v) is 6.03. The summed E-state index contributed by atoms with van der Waals surface area (Å²) < 4.78 is 63.3. The number of alkyl halides is 3. The number of hydrogen-bond donors (Lipinski definition) is 1. The molecule has 0 aliphatic carbocycles. The molecule has 0 fully saturated rings. The van der Waals surface area contributed by atoms with E-state index >= 15 is 0 Å². The van der Waals surface area contributed by atoms with E-state index < -0.39 is 27.7 Å². The number of nitrogens with one attached hydrogen (secondary N) is 1. The predicted molar refractivity (Wildman–Crippen MR) is 64.6 cm³/mol. The number of aromatic nitrogens is 3. The Labute approximate surface area is 113 Å². The molecule has 1 aromatic rings. The number of rotatable bonds is 6. The Kier molecular flexibility index (Phi) is 4.97. The first-order valence-electron chi connectivity index (χ1n) is 5.77. The van der Waals surface area contributed by atoms with Crippen molar-refractivity contribution in [2.24, 2.45) is 7.05 Å². The highest BCUT2D eigenvalue weighted by atomic mass is 32.2. The summed E-state index contributed by atoms with van der Waals surface area (Å²) >= 11 is 0. The quantitative estimate of drug-likeness (QED) is 0.796. The Morgan fingerprint density at radius 1 is 1.35 bits per heavy atom. The lowest BCUT2D eigenvalue weighted by Gasteiger charge is -2.04. The van der Waals surface area contributed by atoms with Gasteiger partial charge in [-0.1, -0.05) is 6.92 Å². The Hall–Kier alpha value is -1.36. The Bertz CT molecular complexity index is 617. The minimum absolute atomic E-state index is 0.0854. The van der Waals surface area contributed by atoms with Crippen LogP contribution in [-0.4, -0.2) is 35.1 Å². The molecule has 0 aliphatic heterocycles. The molecule has 7 nitrogen and oxygen atoms in total. The van der Waals surface area contributed by atoms with Gasteiger partial charge in [0.2, 0.25) is 15.8 Å². The van der Waals surface area contributed by atoms with Crippen LogP contribution in [0.25, 0.3) is 0 Å². The molecule has 116 valence electrons. The SMILES string of the molecule is CCCS(=O)(=O)NCCn1nc(C(F)(F)F)n(C)c1=O. The molecule has 0 amide bonds. The second kappa shape index (κ2) is 5.95. The average molecular weight is 316 g/mol. The molecular formula is C9H15F3N4O3S. The van der Waals surface area contributed by atoms with Gasteiger partial charge in [0.15, 0.2) is 0 Å². The van der Waals surface area contributed by atoms with Crippen molar-refractivity contribution in [1.82, 2.24) is 19.1 Å². The summed E-state index contributed by atoms with van der Waals surface area (Å²) in [5, 5.41) is 3.15. The predicted octanol–water partition coefficient (Wildman–Crippen LogP) is -0.0700. The molecule has 0 aliphatic rings. The van der Waals surface area contributed by atoms with E-state index in [0.717, 1.165) is 7.05 Å². The normalized spacial score (nSPS) is 12.8. The van der Waals surface area contributed by atoms with Crippen LogP contribution in [0.3, 0.4) is 0 Å². The van der Waals surface area contributed by atoms with Crippen molar-refractivity contribution in [1.29, 1.82) is 0 Å². The first-order valence-corrected chi connectivity index (χ1v) is 7.42. The van der Waals surface area contributed by atoms with E-state index in [1.54, 1.807) is 6.92 Å². The van der Waals surface area contributed by atoms with Crippen molar-refractivity contribution >= 4 is 10.0 Å². The highest BCUT2D eigenvalue weighted by Crippen LogP contribution is 2.25. The van der Waals surface area contributed by atoms with Crippen molar-refractivity contribution in [3.05, 3.63) is 16.3 Å². The van der Waals surface area contributed by atoms with E-state index in [1.807, 2.05) is 0 Å². The van der Waals surface area contributed by atoms with Crippen molar-refractivity contribution in [3.8, 4) is 0 Å². The van der Waals surface area contributed by atoms with Gasteiger partial charge in [-0.3, -0.25) is 4.57 Å². The van der Waals surface area contributed by atoms with Gasteiger partial charge in [-0.05, 0) is 6.42 Å². The monoisotopic (exact) mass is 316 g/mol. The number of halogens is 3. The maximum absolute atomic E-state index is 12.5. The second-order valence-electron chi connectivity index (χ2n) is 4.10. The molecule has 11 heteroatoms. The van der Waals surface area contributed by atoms with Crippen molar-refractivity contribution in [2.45, 2.75) is 26.1 Å². The van der Waals surface area contributed by atoms with Gasteiger partial charge in [0.25, 0.3) is 0 Å². The van der Waals surface area contributed by atoms with Gasteiger partial charge >= 0.3 is 11.9 Å². The maximum Gasteiger partial charge on any atom is 0.451 e.